The summed E-state index contributed by atoms with van der Waals surface area (Å²) in [6.45, 7) is 4.01. The van der Waals surface area contributed by atoms with Crippen molar-refractivity contribution in [3.63, 3.8) is 0 Å². The molecule has 0 unspecified atom stereocenters. The van der Waals surface area contributed by atoms with Gasteiger partial charge in [0.15, 0.2) is 0 Å². The molecule has 7 heteroatoms. The lowest BCUT2D eigenvalue weighted by atomic mass is 10.1. The highest BCUT2D eigenvalue weighted by Gasteiger charge is 2.19. The van der Waals surface area contributed by atoms with Crippen LogP contribution in [0.15, 0.2) is 17.0 Å². The minimum absolute atomic E-state index is 0. The Kier molecular flexibility index (Phi) is 6.77. The van der Waals surface area contributed by atoms with Crippen molar-refractivity contribution in [2.75, 3.05) is 20.1 Å². The number of aryl methyl sites for hydroxylation is 2. The number of nitrogens with one attached hydrogen (secondary N) is 2. The van der Waals surface area contributed by atoms with Crippen molar-refractivity contribution in [3.8, 4) is 0 Å². The molecule has 0 atom stereocenters. The third-order valence-electron chi connectivity index (χ3n) is 2.36. The van der Waals surface area contributed by atoms with Gasteiger partial charge in [-0.15, -0.1) is 12.4 Å². The van der Waals surface area contributed by atoms with Gasteiger partial charge < -0.3 is 5.32 Å². The first-order chi connectivity index (χ1) is 7.88. The molecule has 0 aliphatic rings. The van der Waals surface area contributed by atoms with Crippen molar-refractivity contribution < 1.29 is 12.8 Å². The SMILES string of the molecule is CNCCNS(=O)(=O)c1c(C)cc(F)cc1C.Cl. The van der Waals surface area contributed by atoms with E-state index in [0.717, 1.165) is 0 Å². The Morgan fingerprint density at radius 2 is 1.67 bits per heavy atom. The van der Waals surface area contributed by atoms with Crippen LogP contribution in [0.1, 0.15) is 11.1 Å². The van der Waals surface area contributed by atoms with Crippen LogP contribution in [0.25, 0.3) is 0 Å². The van der Waals surface area contributed by atoms with Crippen LogP contribution in [-0.2, 0) is 10.0 Å². The molecule has 2 N–H and O–H groups in total. The Morgan fingerprint density at radius 3 is 2.11 bits per heavy atom. The van der Waals surface area contributed by atoms with Gasteiger partial charge in [-0.2, -0.15) is 0 Å². The number of hydrogen-bond acceptors (Lipinski definition) is 3. The van der Waals surface area contributed by atoms with Gasteiger partial charge in [-0.05, 0) is 44.2 Å². The van der Waals surface area contributed by atoms with Gasteiger partial charge >= 0.3 is 0 Å². The van der Waals surface area contributed by atoms with Gasteiger partial charge in [-0.1, -0.05) is 0 Å². The normalized spacial score (nSPS) is 11.1. The van der Waals surface area contributed by atoms with Gasteiger partial charge in [0.05, 0.1) is 4.90 Å². The summed E-state index contributed by atoms with van der Waals surface area (Å²) >= 11 is 0. The zero-order valence-corrected chi connectivity index (χ0v) is 12.2. The summed E-state index contributed by atoms with van der Waals surface area (Å²) in [4.78, 5) is 0.162. The largest absolute Gasteiger partial charge is 0.318 e. The summed E-state index contributed by atoms with van der Waals surface area (Å²) in [5, 5.41) is 2.84. The molecule has 18 heavy (non-hydrogen) atoms. The highest BCUT2D eigenvalue weighted by Crippen LogP contribution is 2.20. The second-order valence-corrected chi connectivity index (χ2v) is 5.57. The molecule has 0 bridgehead atoms. The maximum atomic E-state index is 13.1. The molecule has 0 radical (unpaired) electrons. The van der Waals surface area contributed by atoms with Gasteiger partial charge in [-0.25, -0.2) is 17.5 Å². The Morgan fingerprint density at radius 1 is 1.17 bits per heavy atom. The zero-order chi connectivity index (χ0) is 13.1. The lowest BCUT2D eigenvalue weighted by Gasteiger charge is -2.12. The number of likely N-dealkylation sites (N-methyl/N-ethyl adjacent to an activating group) is 1. The highest BCUT2D eigenvalue weighted by atomic mass is 35.5. The van der Waals surface area contributed by atoms with Crippen LogP contribution in [-0.4, -0.2) is 28.6 Å². The monoisotopic (exact) mass is 296 g/mol. The Bertz CT molecular complexity index is 483. The van der Waals surface area contributed by atoms with Crippen LogP contribution in [0.5, 0.6) is 0 Å². The molecular weight excluding hydrogens is 279 g/mol. The third-order valence-corrected chi connectivity index (χ3v) is 4.13. The number of halogens is 2. The molecule has 1 rings (SSSR count). The van der Waals surface area contributed by atoms with E-state index in [2.05, 4.69) is 10.0 Å². The van der Waals surface area contributed by atoms with Gasteiger partial charge in [0.1, 0.15) is 5.82 Å². The maximum Gasteiger partial charge on any atom is 0.241 e. The number of benzene rings is 1. The molecule has 0 amide bonds. The molecule has 0 saturated heterocycles. The minimum atomic E-state index is -3.57. The Labute approximate surface area is 113 Å². The van der Waals surface area contributed by atoms with Crippen LogP contribution >= 0.6 is 12.4 Å². The lowest BCUT2D eigenvalue weighted by molar-refractivity contribution is 0.577. The van der Waals surface area contributed by atoms with Crippen molar-refractivity contribution in [2.24, 2.45) is 0 Å². The van der Waals surface area contributed by atoms with Crippen LogP contribution in [0.4, 0.5) is 4.39 Å². The van der Waals surface area contributed by atoms with E-state index in [4.69, 9.17) is 0 Å². The summed E-state index contributed by atoms with van der Waals surface area (Å²) in [7, 11) is -1.83. The number of hydrogen-bond donors (Lipinski definition) is 2. The summed E-state index contributed by atoms with van der Waals surface area (Å²) < 4.78 is 39.5. The standard InChI is InChI=1S/C11H17FN2O2S.ClH/c1-8-6-10(12)7-9(2)11(8)17(15,16)14-5-4-13-3;/h6-7,13-14H,4-5H2,1-3H3;1H. The van der Waals surface area contributed by atoms with Gasteiger partial charge in [0, 0.05) is 13.1 Å². The predicted octanol–water partition coefficient (Wildman–Crippen LogP) is 1.36. The first-order valence-corrected chi connectivity index (χ1v) is 6.78. The number of rotatable bonds is 5. The molecule has 1 aromatic carbocycles. The van der Waals surface area contributed by atoms with E-state index < -0.39 is 15.8 Å². The molecule has 0 spiro atoms. The highest BCUT2D eigenvalue weighted by molar-refractivity contribution is 7.89. The van der Waals surface area contributed by atoms with Crippen molar-refractivity contribution in [2.45, 2.75) is 18.7 Å². The smallest absolute Gasteiger partial charge is 0.241 e. The summed E-state index contributed by atoms with van der Waals surface area (Å²) in [5.74, 6) is -0.422. The molecule has 0 fully saturated rings. The van der Waals surface area contributed by atoms with Gasteiger partial charge in [0.25, 0.3) is 0 Å². The second kappa shape index (κ2) is 7.04. The van der Waals surface area contributed by atoms with Gasteiger partial charge in [0.2, 0.25) is 10.0 Å². The Balaban J connectivity index is 0.00000289. The molecule has 0 aliphatic heterocycles. The van der Waals surface area contributed by atoms with E-state index in [1.165, 1.54) is 12.1 Å². The van der Waals surface area contributed by atoms with E-state index in [0.29, 0.717) is 24.2 Å². The van der Waals surface area contributed by atoms with Crippen LogP contribution in [0.3, 0.4) is 0 Å². The topological polar surface area (TPSA) is 58.2 Å². The first kappa shape index (κ1) is 17.3. The fourth-order valence-electron chi connectivity index (χ4n) is 1.70. The second-order valence-electron chi connectivity index (χ2n) is 3.87. The fourth-order valence-corrected chi connectivity index (χ4v) is 3.18. The lowest BCUT2D eigenvalue weighted by Crippen LogP contribution is -2.31. The third kappa shape index (κ3) is 4.20. The summed E-state index contributed by atoms with van der Waals surface area (Å²) in [6, 6.07) is 2.44. The minimum Gasteiger partial charge on any atom is -0.318 e. The first-order valence-electron chi connectivity index (χ1n) is 5.29. The zero-order valence-electron chi connectivity index (χ0n) is 10.6. The van der Waals surface area contributed by atoms with E-state index >= 15 is 0 Å². The average molecular weight is 297 g/mol. The molecule has 0 saturated carbocycles. The van der Waals surface area contributed by atoms with E-state index in [-0.39, 0.29) is 17.3 Å². The van der Waals surface area contributed by atoms with Crippen molar-refractivity contribution >= 4 is 22.4 Å². The molecule has 1 aromatic rings. The van der Waals surface area contributed by atoms with E-state index in [1.807, 2.05) is 0 Å². The van der Waals surface area contributed by atoms with Crippen LogP contribution in [0, 0.1) is 19.7 Å². The maximum absolute atomic E-state index is 13.1. The van der Waals surface area contributed by atoms with Crippen molar-refractivity contribution in [3.05, 3.63) is 29.1 Å². The molecule has 0 heterocycles. The van der Waals surface area contributed by atoms with Crippen LogP contribution < -0.4 is 10.0 Å². The van der Waals surface area contributed by atoms with E-state index in [1.54, 1.807) is 20.9 Å². The summed E-state index contributed by atoms with van der Waals surface area (Å²) in [5.41, 5.74) is 0.832. The average Bonchev–Trinajstić information content (AvgIpc) is 2.15. The Hall–Kier alpha value is -0.690. The summed E-state index contributed by atoms with van der Waals surface area (Å²) in [6.07, 6.45) is 0. The number of sulfonamides is 1. The fraction of sp³-hybridized carbons (Fsp3) is 0.455. The van der Waals surface area contributed by atoms with Crippen LogP contribution in [0.2, 0.25) is 0 Å². The molecular formula is C11H18ClFN2O2S. The molecule has 0 aliphatic carbocycles. The van der Waals surface area contributed by atoms with Crippen molar-refractivity contribution in [1.82, 2.24) is 10.0 Å². The predicted molar refractivity (Wildman–Crippen MR) is 72.2 cm³/mol. The van der Waals surface area contributed by atoms with Gasteiger partial charge in [-0.3, -0.25) is 0 Å². The van der Waals surface area contributed by atoms with E-state index in [9.17, 15) is 12.8 Å². The molecule has 0 aromatic heterocycles. The quantitative estimate of drug-likeness (QED) is 0.807. The molecule has 104 valence electrons. The molecule has 4 nitrogen and oxygen atoms in total. The van der Waals surface area contributed by atoms with Crippen molar-refractivity contribution in [1.29, 1.82) is 0 Å².